The average molecular weight is 510 g/mol. The molecule has 1 N–H and O–H groups in total. The number of aromatic nitrogens is 2. The minimum Gasteiger partial charge on any atom is -0.338 e. The monoisotopic (exact) mass is 509 g/mol. The number of nitrogens with zero attached hydrogens (tertiary/aromatic N) is 4. The first-order valence-corrected chi connectivity index (χ1v) is 12.5. The third kappa shape index (κ3) is 4.75. The molecule has 0 unspecified atom stereocenters. The first kappa shape index (κ1) is 25.2. The molecule has 1 aliphatic heterocycles. The molecule has 192 valence electrons. The Hall–Kier alpha value is -4.51. The number of para-hydroxylation sites is 1. The number of nitrogens with one attached hydrogen (secondary N) is 1. The van der Waals surface area contributed by atoms with Crippen LogP contribution in [-0.4, -0.2) is 32.5 Å². The Bertz CT molecular complexity index is 1550. The van der Waals surface area contributed by atoms with E-state index in [1.807, 2.05) is 45.0 Å². The molecule has 1 aliphatic rings. The van der Waals surface area contributed by atoms with E-state index in [1.165, 1.54) is 16.8 Å². The molecule has 7 nitrogen and oxygen atoms in total. The van der Waals surface area contributed by atoms with Crippen LogP contribution in [-0.2, 0) is 24.4 Å². The molecule has 0 fully saturated rings. The van der Waals surface area contributed by atoms with Crippen molar-refractivity contribution in [2.24, 2.45) is 5.41 Å². The van der Waals surface area contributed by atoms with Crippen LogP contribution >= 0.6 is 0 Å². The van der Waals surface area contributed by atoms with Gasteiger partial charge in [-0.25, -0.2) is 4.39 Å². The highest BCUT2D eigenvalue weighted by Gasteiger charge is 2.38. The van der Waals surface area contributed by atoms with Crippen LogP contribution in [0.1, 0.15) is 53.5 Å². The molecule has 0 radical (unpaired) electrons. The number of halogens is 1. The maximum atomic E-state index is 15.0. The van der Waals surface area contributed by atoms with Crippen molar-refractivity contribution in [3.63, 3.8) is 0 Å². The van der Waals surface area contributed by atoms with Crippen LogP contribution in [0.3, 0.4) is 0 Å². The molecule has 2 amide bonds. The van der Waals surface area contributed by atoms with Gasteiger partial charge in [0, 0.05) is 18.5 Å². The lowest BCUT2D eigenvalue weighted by Crippen LogP contribution is -2.53. The third-order valence-corrected chi connectivity index (χ3v) is 6.89. The molecule has 0 aliphatic carbocycles. The summed E-state index contributed by atoms with van der Waals surface area (Å²) in [6.45, 7) is 6.90. The minimum atomic E-state index is -0.809. The van der Waals surface area contributed by atoms with Crippen molar-refractivity contribution in [1.82, 2.24) is 20.0 Å². The van der Waals surface area contributed by atoms with Crippen LogP contribution in [0.5, 0.6) is 0 Å². The van der Waals surface area contributed by atoms with Gasteiger partial charge in [-0.15, -0.1) is 0 Å². The fraction of sp³-hybridized carbons (Fsp3) is 0.267. The number of amides is 2. The second-order valence-electron chi connectivity index (χ2n) is 10.7. The standard InChI is InChI=1S/C30H28FN5O2/c1-30(2,3)27(29(38)35-17-21-7-4-5-8-22(21)18-35)33-28(37)25-23-9-6-10-24(31)26(23)36(34-25)16-20-13-11-19(15-32)12-14-20/h4-14,27H,16-18H2,1-3H3,(H,33,37)/t27-/m1/s1. The van der Waals surface area contributed by atoms with Gasteiger partial charge in [-0.3, -0.25) is 14.3 Å². The molecular weight excluding hydrogens is 481 g/mol. The van der Waals surface area contributed by atoms with Crippen LogP contribution in [0.4, 0.5) is 4.39 Å². The van der Waals surface area contributed by atoms with Crippen molar-refractivity contribution < 1.29 is 14.0 Å². The molecule has 0 saturated heterocycles. The SMILES string of the molecule is CC(C)(C)[C@H](NC(=O)c1nn(Cc2ccc(C#N)cc2)c2c(F)cccc12)C(=O)N1Cc2ccccc2C1. The fourth-order valence-corrected chi connectivity index (χ4v) is 4.85. The van der Waals surface area contributed by atoms with Gasteiger partial charge in [-0.05, 0) is 40.3 Å². The summed E-state index contributed by atoms with van der Waals surface area (Å²) in [6, 6.07) is 20.6. The van der Waals surface area contributed by atoms with Gasteiger partial charge in [0.1, 0.15) is 17.4 Å². The number of carbonyl (C=O) groups excluding carboxylic acids is 2. The molecule has 5 rings (SSSR count). The lowest BCUT2D eigenvalue weighted by Gasteiger charge is -2.33. The molecule has 3 aromatic carbocycles. The van der Waals surface area contributed by atoms with Gasteiger partial charge in [0.25, 0.3) is 5.91 Å². The molecular formula is C30H28FN5O2. The summed E-state index contributed by atoms with van der Waals surface area (Å²) >= 11 is 0. The highest BCUT2D eigenvalue weighted by atomic mass is 19.1. The molecule has 0 bridgehead atoms. The quantitative estimate of drug-likeness (QED) is 0.419. The highest BCUT2D eigenvalue weighted by molar-refractivity contribution is 6.06. The summed E-state index contributed by atoms with van der Waals surface area (Å²) in [7, 11) is 0. The Morgan fingerprint density at radius 2 is 1.68 bits per heavy atom. The number of hydrogen-bond donors (Lipinski definition) is 1. The van der Waals surface area contributed by atoms with Gasteiger partial charge in [0.15, 0.2) is 5.69 Å². The molecule has 8 heteroatoms. The van der Waals surface area contributed by atoms with E-state index >= 15 is 0 Å². The predicted molar refractivity (Wildman–Crippen MR) is 141 cm³/mol. The Labute approximate surface area is 220 Å². The van der Waals surface area contributed by atoms with Crippen LogP contribution in [0.15, 0.2) is 66.7 Å². The fourth-order valence-electron chi connectivity index (χ4n) is 4.85. The van der Waals surface area contributed by atoms with Crippen molar-refractivity contribution in [2.75, 3.05) is 0 Å². The largest absolute Gasteiger partial charge is 0.338 e. The smallest absolute Gasteiger partial charge is 0.273 e. The second kappa shape index (κ2) is 9.75. The van der Waals surface area contributed by atoms with Crippen LogP contribution in [0.2, 0.25) is 0 Å². The van der Waals surface area contributed by atoms with Crippen LogP contribution < -0.4 is 5.32 Å². The van der Waals surface area contributed by atoms with E-state index in [2.05, 4.69) is 16.5 Å². The van der Waals surface area contributed by atoms with E-state index in [0.29, 0.717) is 24.0 Å². The van der Waals surface area contributed by atoms with E-state index in [0.717, 1.165) is 16.7 Å². The predicted octanol–water partition coefficient (Wildman–Crippen LogP) is 4.78. The Balaban J connectivity index is 1.44. The molecule has 2 heterocycles. The molecule has 0 saturated carbocycles. The maximum absolute atomic E-state index is 15.0. The molecule has 0 spiro atoms. The van der Waals surface area contributed by atoms with Crippen LogP contribution in [0, 0.1) is 22.6 Å². The number of carbonyl (C=O) groups is 2. The summed E-state index contributed by atoms with van der Waals surface area (Å²) in [5.41, 5.74) is 3.21. The lowest BCUT2D eigenvalue weighted by atomic mass is 9.85. The number of rotatable bonds is 5. The van der Waals surface area contributed by atoms with Gasteiger partial charge < -0.3 is 10.2 Å². The van der Waals surface area contributed by atoms with Gasteiger partial charge >= 0.3 is 0 Å². The maximum Gasteiger partial charge on any atom is 0.273 e. The number of hydrogen-bond acceptors (Lipinski definition) is 4. The summed E-state index contributed by atoms with van der Waals surface area (Å²) in [5.74, 6) is -1.21. The molecule has 38 heavy (non-hydrogen) atoms. The molecule has 1 atom stereocenters. The zero-order chi connectivity index (χ0) is 27.0. The van der Waals surface area contributed by atoms with E-state index in [4.69, 9.17) is 5.26 Å². The van der Waals surface area contributed by atoms with Crippen molar-refractivity contribution in [3.8, 4) is 6.07 Å². The lowest BCUT2D eigenvalue weighted by molar-refractivity contribution is -0.136. The summed E-state index contributed by atoms with van der Waals surface area (Å²) < 4.78 is 16.4. The van der Waals surface area contributed by atoms with Gasteiger partial charge in [-0.1, -0.05) is 69.3 Å². The second-order valence-corrected chi connectivity index (χ2v) is 10.7. The molecule has 4 aromatic rings. The summed E-state index contributed by atoms with van der Waals surface area (Å²) in [5, 5.41) is 16.8. The average Bonchev–Trinajstić information content (AvgIpc) is 3.49. The van der Waals surface area contributed by atoms with Crippen LogP contribution in [0.25, 0.3) is 10.9 Å². The molecule has 1 aromatic heterocycles. The first-order chi connectivity index (χ1) is 18.2. The van der Waals surface area contributed by atoms with Crippen molar-refractivity contribution >= 4 is 22.7 Å². The first-order valence-electron chi connectivity index (χ1n) is 12.5. The Kier molecular flexibility index (Phi) is 6.45. The zero-order valence-corrected chi connectivity index (χ0v) is 21.5. The number of nitriles is 1. The number of fused-ring (bicyclic) bond motifs is 2. The Morgan fingerprint density at radius 1 is 1.03 bits per heavy atom. The Morgan fingerprint density at radius 3 is 2.29 bits per heavy atom. The van der Waals surface area contributed by atoms with Crippen molar-refractivity contribution in [3.05, 3.63) is 100 Å². The van der Waals surface area contributed by atoms with E-state index < -0.39 is 23.2 Å². The zero-order valence-electron chi connectivity index (χ0n) is 21.5. The normalized spacial score (nSPS) is 13.7. The van der Waals surface area contributed by atoms with E-state index in [-0.39, 0.29) is 23.7 Å². The van der Waals surface area contributed by atoms with Gasteiger partial charge in [0.05, 0.1) is 18.2 Å². The topological polar surface area (TPSA) is 91.0 Å². The van der Waals surface area contributed by atoms with E-state index in [1.54, 1.807) is 35.2 Å². The summed E-state index contributed by atoms with van der Waals surface area (Å²) in [6.07, 6.45) is 0. The van der Waals surface area contributed by atoms with Gasteiger partial charge in [-0.2, -0.15) is 10.4 Å². The number of benzene rings is 3. The van der Waals surface area contributed by atoms with Crippen molar-refractivity contribution in [1.29, 1.82) is 5.26 Å². The third-order valence-electron chi connectivity index (χ3n) is 6.89. The van der Waals surface area contributed by atoms with Crippen molar-refractivity contribution in [2.45, 2.75) is 46.4 Å². The van der Waals surface area contributed by atoms with Gasteiger partial charge in [0.2, 0.25) is 5.91 Å². The summed E-state index contributed by atoms with van der Waals surface area (Å²) in [4.78, 5) is 29.0. The highest BCUT2D eigenvalue weighted by Crippen LogP contribution is 2.29. The van der Waals surface area contributed by atoms with E-state index in [9.17, 15) is 14.0 Å². The minimum absolute atomic E-state index is 0.0555.